The van der Waals surface area contributed by atoms with Crippen molar-refractivity contribution < 1.29 is 14.3 Å². The molecule has 116 valence electrons. The van der Waals surface area contributed by atoms with Crippen LogP contribution in [-0.4, -0.2) is 25.7 Å². The van der Waals surface area contributed by atoms with Gasteiger partial charge in [-0.3, -0.25) is 4.79 Å². The topological polar surface area (TPSA) is 71.3 Å². The number of nitriles is 1. The van der Waals surface area contributed by atoms with E-state index in [0.717, 1.165) is 5.56 Å². The van der Waals surface area contributed by atoms with E-state index in [1.807, 2.05) is 25.1 Å². The van der Waals surface area contributed by atoms with Crippen molar-refractivity contribution in [2.45, 2.75) is 26.3 Å². The van der Waals surface area contributed by atoms with Gasteiger partial charge in [-0.2, -0.15) is 5.26 Å². The van der Waals surface area contributed by atoms with Gasteiger partial charge in [0, 0.05) is 5.92 Å². The summed E-state index contributed by atoms with van der Waals surface area (Å²) in [7, 11) is 1.55. The van der Waals surface area contributed by atoms with Crippen LogP contribution in [0.3, 0.4) is 0 Å². The lowest BCUT2D eigenvalue weighted by atomic mass is 9.99. The number of carbonyl (C=O) groups excluding carboxylic acids is 1. The molecule has 1 amide bonds. The summed E-state index contributed by atoms with van der Waals surface area (Å²) >= 11 is 0. The van der Waals surface area contributed by atoms with Crippen LogP contribution in [0, 0.1) is 29.6 Å². The lowest BCUT2D eigenvalue weighted by Gasteiger charge is -2.15. The van der Waals surface area contributed by atoms with E-state index in [-0.39, 0.29) is 18.4 Å². The van der Waals surface area contributed by atoms with Crippen LogP contribution < -0.4 is 14.8 Å². The fourth-order valence-corrected chi connectivity index (χ4v) is 1.91. The number of nitrogens with zero attached hydrogens (tertiary/aromatic N) is 1. The molecule has 22 heavy (non-hydrogen) atoms. The molecule has 0 aromatic heterocycles. The second kappa shape index (κ2) is 8.59. The van der Waals surface area contributed by atoms with Crippen molar-refractivity contribution in [1.82, 2.24) is 5.32 Å². The maximum atomic E-state index is 11.9. The lowest BCUT2D eigenvalue weighted by molar-refractivity contribution is -0.124. The summed E-state index contributed by atoms with van der Waals surface area (Å²) in [5.41, 5.74) is 0.942. The molecule has 5 heteroatoms. The standard InChI is InChI=1S/C17H20N2O3/c1-5-8-22-15-7-6-14(10-16(15)21-4)9-12(2)17(20)19-13(3)11-18/h1,6-7,10,12-13H,8-9H2,2-4H3,(H,19,20). The molecule has 0 fully saturated rings. The number of benzene rings is 1. The number of ether oxygens (including phenoxy) is 2. The predicted molar refractivity (Wildman–Crippen MR) is 83.4 cm³/mol. The van der Waals surface area contributed by atoms with Gasteiger partial charge in [0.25, 0.3) is 0 Å². The van der Waals surface area contributed by atoms with E-state index in [2.05, 4.69) is 11.2 Å². The largest absolute Gasteiger partial charge is 0.493 e. The van der Waals surface area contributed by atoms with Gasteiger partial charge in [0.1, 0.15) is 12.6 Å². The van der Waals surface area contributed by atoms with Crippen LogP contribution in [0.4, 0.5) is 0 Å². The molecule has 0 radical (unpaired) electrons. The number of carbonyl (C=O) groups is 1. The Balaban J connectivity index is 2.75. The van der Waals surface area contributed by atoms with E-state index in [0.29, 0.717) is 17.9 Å². The Hall–Kier alpha value is -2.66. The number of nitrogens with one attached hydrogen (secondary N) is 1. The minimum absolute atomic E-state index is 0.152. The van der Waals surface area contributed by atoms with Crippen molar-refractivity contribution in [2.24, 2.45) is 5.92 Å². The van der Waals surface area contributed by atoms with Crippen molar-refractivity contribution in [1.29, 1.82) is 5.26 Å². The summed E-state index contributed by atoms with van der Waals surface area (Å²) in [4.78, 5) is 11.9. The van der Waals surface area contributed by atoms with Gasteiger partial charge in [0.15, 0.2) is 11.5 Å². The van der Waals surface area contributed by atoms with Crippen molar-refractivity contribution in [3.8, 4) is 29.9 Å². The van der Waals surface area contributed by atoms with Gasteiger partial charge in [-0.1, -0.05) is 18.9 Å². The normalized spacial score (nSPS) is 12.4. The van der Waals surface area contributed by atoms with E-state index in [1.54, 1.807) is 20.1 Å². The molecule has 0 saturated carbocycles. The van der Waals surface area contributed by atoms with E-state index in [9.17, 15) is 4.79 Å². The van der Waals surface area contributed by atoms with E-state index < -0.39 is 6.04 Å². The highest BCUT2D eigenvalue weighted by molar-refractivity contribution is 5.79. The maximum absolute atomic E-state index is 11.9. The van der Waals surface area contributed by atoms with E-state index in [4.69, 9.17) is 21.2 Å². The molecule has 0 saturated heterocycles. The molecule has 1 N–H and O–H groups in total. The van der Waals surface area contributed by atoms with Gasteiger partial charge in [-0.05, 0) is 31.0 Å². The zero-order chi connectivity index (χ0) is 16.5. The average molecular weight is 300 g/mol. The predicted octanol–water partition coefficient (Wildman–Crippen LogP) is 1.91. The number of rotatable bonds is 7. The molecule has 0 spiro atoms. The van der Waals surface area contributed by atoms with Crippen LogP contribution in [0.2, 0.25) is 0 Å². The number of methoxy groups -OCH3 is 1. The minimum Gasteiger partial charge on any atom is -0.493 e. The Morgan fingerprint density at radius 1 is 1.41 bits per heavy atom. The third kappa shape index (κ3) is 5.03. The Morgan fingerprint density at radius 3 is 2.73 bits per heavy atom. The maximum Gasteiger partial charge on any atom is 0.224 e. The fraction of sp³-hybridized carbons (Fsp3) is 0.412. The zero-order valence-electron chi connectivity index (χ0n) is 13.1. The summed E-state index contributed by atoms with van der Waals surface area (Å²) in [5, 5.41) is 11.4. The van der Waals surface area contributed by atoms with Crippen LogP contribution in [0.5, 0.6) is 11.5 Å². The summed E-state index contributed by atoms with van der Waals surface area (Å²) in [5.74, 6) is 3.14. The molecule has 5 nitrogen and oxygen atoms in total. The van der Waals surface area contributed by atoms with Gasteiger partial charge in [0.2, 0.25) is 5.91 Å². The van der Waals surface area contributed by atoms with Gasteiger partial charge < -0.3 is 14.8 Å². The summed E-state index contributed by atoms with van der Waals surface area (Å²) < 4.78 is 10.6. The Morgan fingerprint density at radius 2 is 2.14 bits per heavy atom. The highest BCUT2D eigenvalue weighted by Gasteiger charge is 2.16. The second-order valence-corrected chi connectivity index (χ2v) is 4.94. The Labute approximate surface area is 131 Å². The fourth-order valence-electron chi connectivity index (χ4n) is 1.91. The van der Waals surface area contributed by atoms with Crippen molar-refractivity contribution in [3.63, 3.8) is 0 Å². The first kappa shape index (κ1) is 17.4. The zero-order valence-corrected chi connectivity index (χ0v) is 13.1. The van der Waals surface area contributed by atoms with Crippen LogP contribution >= 0.6 is 0 Å². The SMILES string of the molecule is C#CCOc1ccc(CC(C)C(=O)NC(C)C#N)cc1OC. The van der Waals surface area contributed by atoms with Gasteiger partial charge in [-0.15, -0.1) is 6.42 Å². The van der Waals surface area contributed by atoms with Crippen LogP contribution in [0.15, 0.2) is 18.2 Å². The summed E-state index contributed by atoms with van der Waals surface area (Å²) in [6.45, 7) is 3.63. The molecule has 2 unspecified atom stereocenters. The van der Waals surface area contributed by atoms with Gasteiger partial charge in [0.05, 0.1) is 13.2 Å². The number of hydrogen-bond donors (Lipinski definition) is 1. The summed E-state index contributed by atoms with van der Waals surface area (Å²) in [6, 6.07) is 6.94. The van der Waals surface area contributed by atoms with E-state index >= 15 is 0 Å². The van der Waals surface area contributed by atoms with Gasteiger partial charge >= 0.3 is 0 Å². The molecule has 0 aliphatic rings. The quantitative estimate of drug-likeness (QED) is 0.781. The molecule has 0 bridgehead atoms. The molecule has 1 rings (SSSR count). The smallest absolute Gasteiger partial charge is 0.224 e. The highest BCUT2D eigenvalue weighted by atomic mass is 16.5. The molecule has 1 aromatic rings. The highest BCUT2D eigenvalue weighted by Crippen LogP contribution is 2.28. The Bertz CT molecular complexity index is 599. The monoisotopic (exact) mass is 300 g/mol. The van der Waals surface area contributed by atoms with Crippen molar-refractivity contribution >= 4 is 5.91 Å². The first-order valence-electron chi connectivity index (χ1n) is 6.95. The molecule has 0 aliphatic heterocycles. The number of hydrogen-bond acceptors (Lipinski definition) is 4. The first-order valence-corrected chi connectivity index (χ1v) is 6.95. The number of terminal acetylenes is 1. The Kier molecular flexibility index (Phi) is 6.79. The first-order chi connectivity index (χ1) is 10.5. The van der Waals surface area contributed by atoms with E-state index in [1.165, 1.54) is 0 Å². The van der Waals surface area contributed by atoms with Crippen LogP contribution in [0.1, 0.15) is 19.4 Å². The third-order valence-corrected chi connectivity index (χ3v) is 3.08. The molecular weight excluding hydrogens is 280 g/mol. The van der Waals surface area contributed by atoms with Crippen LogP contribution in [0.25, 0.3) is 0 Å². The molecule has 2 atom stereocenters. The average Bonchev–Trinajstić information content (AvgIpc) is 2.53. The van der Waals surface area contributed by atoms with Crippen molar-refractivity contribution in [3.05, 3.63) is 23.8 Å². The molecular formula is C17H20N2O3. The minimum atomic E-state index is -0.496. The third-order valence-electron chi connectivity index (χ3n) is 3.08. The second-order valence-electron chi connectivity index (χ2n) is 4.94. The number of amides is 1. The molecule has 0 heterocycles. The van der Waals surface area contributed by atoms with Crippen molar-refractivity contribution in [2.75, 3.05) is 13.7 Å². The molecule has 0 aliphatic carbocycles. The lowest BCUT2D eigenvalue weighted by Crippen LogP contribution is -2.36. The summed E-state index contributed by atoms with van der Waals surface area (Å²) in [6.07, 6.45) is 5.70. The van der Waals surface area contributed by atoms with Crippen LogP contribution in [-0.2, 0) is 11.2 Å². The molecule has 1 aromatic carbocycles. The van der Waals surface area contributed by atoms with Gasteiger partial charge in [-0.25, -0.2) is 0 Å².